The highest BCUT2D eigenvalue weighted by molar-refractivity contribution is 6.29. The summed E-state index contributed by atoms with van der Waals surface area (Å²) >= 11 is 6.02. The van der Waals surface area contributed by atoms with E-state index in [1.165, 1.54) is 32.1 Å². The molecule has 106 valence electrons. The average molecular weight is 283 g/mol. The summed E-state index contributed by atoms with van der Waals surface area (Å²) in [6.45, 7) is 5.17. The molecule has 1 aliphatic rings. The maximum atomic E-state index is 6.02. The molecule has 0 bridgehead atoms. The van der Waals surface area contributed by atoms with Crippen LogP contribution in [0.25, 0.3) is 0 Å². The zero-order chi connectivity index (χ0) is 13.7. The predicted molar refractivity (Wildman–Crippen MR) is 77.8 cm³/mol. The first-order valence-corrected chi connectivity index (χ1v) is 7.78. The van der Waals surface area contributed by atoms with E-state index in [0.717, 1.165) is 18.9 Å². The van der Waals surface area contributed by atoms with Gasteiger partial charge in [-0.05, 0) is 25.2 Å². The number of nitrogens with zero attached hydrogens (tertiary/aromatic N) is 2. The van der Waals surface area contributed by atoms with E-state index < -0.39 is 0 Å². The number of ether oxygens (including phenoxy) is 1. The average Bonchev–Trinajstić information content (AvgIpc) is 3.23. The highest BCUT2D eigenvalue weighted by Crippen LogP contribution is 2.39. The number of rotatable bonds is 8. The normalized spacial score (nSPS) is 16.4. The van der Waals surface area contributed by atoms with Crippen molar-refractivity contribution in [2.75, 3.05) is 6.61 Å². The summed E-state index contributed by atoms with van der Waals surface area (Å²) in [5, 5.41) is 0.494. The molecule has 1 aromatic rings. The summed E-state index contributed by atoms with van der Waals surface area (Å²) in [5.74, 6) is 2.60. The van der Waals surface area contributed by atoms with Gasteiger partial charge < -0.3 is 4.74 Å². The van der Waals surface area contributed by atoms with Crippen LogP contribution in [-0.4, -0.2) is 16.6 Å². The van der Waals surface area contributed by atoms with Crippen molar-refractivity contribution >= 4 is 11.6 Å². The molecule has 1 heterocycles. The lowest BCUT2D eigenvalue weighted by Gasteiger charge is -2.15. The summed E-state index contributed by atoms with van der Waals surface area (Å²) in [6.07, 6.45) is 7.22. The smallest absolute Gasteiger partial charge is 0.218 e. The number of unbranched alkanes of at least 4 members (excludes halogenated alkanes) is 1. The molecule has 0 saturated heterocycles. The Hall–Kier alpha value is -0.830. The van der Waals surface area contributed by atoms with Gasteiger partial charge in [-0.2, -0.15) is 4.98 Å². The maximum Gasteiger partial charge on any atom is 0.218 e. The highest BCUT2D eigenvalue weighted by Gasteiger charge is 2.27. The zero-order valence-electron chi connectivity index (χ0n) is 11.9. The minimum absolute atomic E-state index is 0.494. The van der Waals surface area contributed by atoms with E-state index >= 15 is 0 Å². The van der Waals surface area contributed by atoms with Crippen LogP contribution in [-0.2, 0) is 0 Å². The molecule has 4 heteroatoms. The molecular formula is C15H23ClN2O. The van der Waals surface area contributed by atoms with Crippen molar-refractivity contribution in [2.24, 2.45) is 5.92 Å². The van der Waals surface area contributed by atoms with E-state index in [4.69, 9.17) is 16.3 Å². The van der Waals surface area contributed by atoms with Crippen LogP contribution in [0.5, 0.6) is 5.88 Å². The molecule has 0 spiro atoms. The van der Waals surface area contributed by atoms with E-state index in [2.05, 4.69) is 23.8 Å². The molecule has 1 atom stereocenters. The van der Waals surface area contributed by atoms with Gasteiger partial charge in [0, 0.05) is 12.0 Å². The monoisotopic (exact) mass is 282 g/mol. The molecule has 0 N–H and O–H groups in total. The van der Waals surface area contributed by atoms with Crippen molar-refractivity contribution in [1.82, 2.24) is 9.97 Å². The first kappa shape index (κ1) is 14.6. The van der Waals surface area contributed by atoms with Crippen molar-refractivity contribution < 1.29 is 4.74 Å². The lowest BCUT2D eigenvalue weighted by atomic mass is 10.0. The Bertz CT molecular complexity index is 407. The van der Waals surface area contributed by atoms with Crippen LogP contribution in [0.2, 0.25) is 5.15 Å². The Morgan fingerprint density at radius 3 is 2.79 bits per heavy atom. The Balaban J connectivity index is 1.90. The standard InChI is InChI=1S/C15H23ClN2O/c1-3-5-6-11(4-2)10-19-14-9-13(16)17-15(18-14)12-7-8-12/h9,11-12H,3-8,10H2,1-2H3. The van der Waals surface area contributed by atoms with Gasteiger partial charge >= 0.3 is 0 Å². The molecule has 1 fully saturated rings. The third-order valence-corrected chi connectivity index (χ3v) is 3.83. The fraction of sp³-hybridized carbons (Fsp3) is 0.733. The van der Waals surface area contributed by atoms with Gasteiger partial charge in [0.05, 0.1) is 6.61 Å². The molecule has 2 rings (SSSR count). The second-order valence-electron chi connectivity index (χ2n) is 5.39. The molecule has 0 radical (unpaired) electrons. The quantitative estimate of drug-likeness (QED) is 0.654. The van der Waals surface area contributed by atoms with Gasteiger partial charge in [0.15, 0.2) is 0 Å². The molecule has 3 nitrogen and oxygen atoms in total. The Labute approximate surface area is 120 Å². The van der Waals surface area contributed by atoms with Crippen molar-refractivity contribution in [3.63, 3.8) is 0 Å². The van der Waals surface area contributed by atoms with Crippen molar-refractivity contribution in [3.8, 4) is 5.88 Å². The van der Waals surface area contributed by atoms with Gasteiger partial charge in [0.2, 0.25) is 5.88 Å². The number of aromatic nitrogens is 2. The number of hydrogen-bond donors (Lipinski definition) is 0. The second kappa shape index (κ2) is 7.09. The molecule has 1 aromatic heterocycles. The molecule has 1 unspecified atom stereocenters. The van der Waals surface area contributed by atoms with E-state index in [9.17, 15) is 0 Å². The predicted octanol–water partition coefficient (Wildman–Crippen LogP) is 4.60. The summed E-state index contributed by atoms with van der Waals surface area (Å²) in [6, 6.07) is 1.72. The van der Waals surface area contributed by atoms with Crippen LogP contribution in [0.1, 0.15) is 64.1 Å². The van der Waals surface area contributed by atoms with Crippen LogP contribution >= 0.6 is 11.6 Å². The molecule has 0 aliphatic heterocycles. The van der Waals surface area contributed by atoms with Gasteiger partial charge in [-0.15, -0.1) is 0 Å². The zero-order valence-corrected chi connectivity index (χ0v) is 12.6. The van der Waals surface area contributed by atoms with E-state index in [1.54, 1.807) is 6.07 Å². The van der Waals surface area contributed by atoms with Crippen LogP contribution in [0, 0.1) is 5.92 Å². The van der Waals surface area contributed by atoms with Crippen LogP contribution in [0.15, 0.2) is 6.07 Å². The van der Waals surface area contributed by atoms with E-state index in [0.29, 0.717) is 22.9 Å². The largest absolute Gasteiger partial charge is 0.477 e. The Morgan fingerprint density at radius 2 is 2.16 bits per heavy atom. The Morgan fingerprint density at radius 1 is 1.37 bits per heavy atom. The molecule has 1 saturated carbocycles. The fourth-order valence-corrected chi connectivity index (χ4v) is 2.29. The van der Waals surface area contributed by atoms with Gasteiger partial charge in [-0.3, -0.25) is 0 Å². The topological polar surface area (TPSA) is 35.0 Å². The maximum absolute atomic E-state index is 6.02. The fourth-order valence-electron chi connectivity index (χ4n) is 2.11. The SMILES string of the molecule is CCCCC(CC)COc1cc(Cl)nc(C2CC2)n1. The molecule has 19 heavy (non-hydrogen) atoms. The summed E-state index contributed by atoms with van der Waals surface area (Å²) in [4.78, 5) is 8.73. The van der Waals surface area contributed by atoms with Gasteiger partial charge in [-0.25, -0.2) is 4.98 Å². The lowest BCUT2D eigenvalue weighted by Crippen LogP contribution is -2.12. The van der Waals surface area contributed by atoms with Crippen LogP contribution in [0.4, 0.5) is 0 Å². The lowest BCUT2D eigenvalue weighted by molar-refractivity contribution is 0.225. The minimum atomic E-state index is 0.494. The highest BCUT2D eigenvalue weighted by atomic mass is 35.5. The number of halogens is 1. The number of hydrogen-bond acceptors (Lipinski definition) is 3. The Kier molecular flexibility index (Phi) is 5.44. The van der Waals surface area contributed by atoms with Gasteiger partial charge in [-0.1, -0.05) is 44.7 Å². The summed E-state index contributed by atoms with van der Waals surface area (Å²) in [5.41, 5.74) is 0. The molecule has 0 amide bonds. The van der Waals surface area contributed by atoms with Crippen LogP contribution < -0.4 is 4.74 Å². The molecule has 0 aromatic carbocycles. The first-order valence-electron chi connectivity index (χ1n) is 7.40. The summed E-state index contributed by atoms with van der Waals surface area (Å²) < 4.78 is 5.82. The van der Waals surface area contributed by atoms with Gasteiger partial charge in [0.25, 0.3) is 0 Å². The third kappa shape index (κ3) is 4.64. The van der Waals surface area contributed by atoms with Crippen molar-refractivity contribution in [1.29, 1.82) is 0 Å². The van der Waals surface area contributed by atoms with Crippen molar-refractivity contribution in [3.05, 3.63) is 17.0 Å². The minimum Gasteiger partial charge on any atom is -0.477 e. The molecular weight excluding hydrogens is 260 g/mol. The van der Waals surface area contributed by atoms with Crippen molar-refractivity contribution in [2.45, 2.75) is 58.3 Å². The van der Waals surface area contributed by atoms with Gasteiger partial charge in [0.1, 0.15) is 11.0 Å². The first-order chi connectivity index (χ1) is 9.22. The van der Waals surface area contributed by atoms with E-state index in [1.807, 2.05) is 0 Å². The third-order valence-electron chi connectivity index (χ3n) is 3.64. The van der Waals surface area contributed by atoms with E-state index in [-0.39, 0.29) is 0 Å². The molecule has 1 aliphatic carbocycles. The summed E-state index contributed by atoms with van der Waals surface area (Å²) in [7, 11) is 0. The second-order valence-corrected chi connectivity index (χ2v) is 5.78. The van der Waals surface area contributed by atoms with Crippen LogP contribution in [0.3, 0.4) is 0 Å².